The predicted octanol–water partition coefficient (Wildman–Crippen LogP) is 1.19. The molecule has 6 nitrogen and oxygen atoms in total. The van der Waals surface area contributed by atoms with E-state index in [1.54, 1.807) is 18.9 Å². The van der Waals surface area contributed by atoms with Crippen LogP contribution in [0.15, 0.2) is 24.3 Å². The average molecular weight is 305 g/mol. The van der Waals surface area contributed by atoms with Gasteiger partial charge in [-0.2, -0.15) is 0 Å². The maximum atomic E-state index is 12.4. The number of ether oxygens (including phenoxy) is 1. The lowest BCUT2D eigenvalue weighted by Crippen LogP contribution is -2.53. The first-order chi connectivity index (χ1) is 10.5. The Hall–Kier alpha value is -2.08. The van der Waals surface area contributed by atoms with Gasteiger partial charge in [-0.25, -0.2) is 0 Å². The number of benzene rings is 1. The van der Waals surface area contributed by atoms with E-state index in [-0.39, 0.29) is 17.9 Å². The van der Waals surface area contributed by atoms with Gasteiger partial charge in [-0.3, -0.25) is 14.5 Å². The summed E-state index contributed by atoms with van der Waals surface area (Å²) in [6, 6.07) is 7.09. The summed E-state index contributed by atoms with van der Waals surface area (Å²) in [4.78, 5) is 27.6. The average Bonchev–Trinajstić information content (AvgIpc) is 2.54. The molecule has 1 saturated heterocycles. The molecular weight excluding hydrogens is 282 g/mol. The van der Waals surface area contributed by atoms with Crippen LogP contribution in [-0.2, 0) is 9.59 Å². The third-order valence-corrected chi connectivity index (χ3v) is 4.05. The highest BCUT2D eigenvalue weighted by Crippen LogP contribution is 2.23. The highest BCUT2D eigenvalue weighted by molar-refractivity contribution is 5.95. The summed E-state index contributed by atoms with van der Waals surface area (Å²) >= 11 is 0. The molecule has 0 radical (unpaired) electrons. The molecule has 120 valence electrons. The highest BCUT2D eigenvalue weighted by Gasteiger charge is 2.26. The number of anilines is 1. The second-order valence-electron chi connectivity index (χ2n) is 5.41. The summed E-state index contributed by atoms with van der Waals surface area (Å²) in [6.45, 7) is 6.21. The first kappa shape index (κ1) is 16.3. The van der Waals surface area contributed by atoms with Crippen molar-refractivity contribution in [3.63, 3.8) is 0 Å². The standard InChI is InChI=1S/C16H23N3O3/c1-12(18-8-10-19(11-9-18)13(2)20)16(21)17-14-6-4-5-7-15(14)22-3/h4-7,12H,8-11H2,1-3H3,(H,17,21)/t12-/m1/s1. The van der Waals surface area contributed by atoms with Gasteiger partial charge in [-0.15, -0.1) is 0 Å². The van der Waals surface area contributed by atoms with Crippen LogP contribution in [-0.4, -0.2) is 60.9 Å². The molecule has 1 heterocycles. The number of methoxy groups -OCH3 is 1. The lowest BCUT2D eigenvalue weighted by atomic mass is 10.2. The van der Waals surface area contributed by atoms with E-state index in [9.17, 15) is 9.59 Å². The normalized spacial score (nSPS) is 17.0. The zero-order chi connectivity index (χ0) is 16.1. The van der Waals surface area contributed by atoms with Crippen LogP contribution in [0.2, 0.25) is 0 Å². The molecule has 6 heteroatoms. The molecule has 1 aliphatic heterocycles. The van der Waals surface area contributed by atoms with E-state index in [0.29, 0.717) is 37.6 Å². The van der Waals surface area contributed by atoms with Crippen molar-refractivity contribution in [1.29, 1.82) is 0 Å². The molecule has 1 N–H and O–H groups in total. The van der Waals surface area contributed by atoms with Crippen LogP contribution in [0.25, 0.3) is 0 Å². The minimum absolute atomic E-state index is 0.0687. The number of nitrogens with one attached hydrogen (secondary N) is 1. The van der Waals surface area contributed by atoms with Crippen LogP contribution in [0, 0.1) is 0 Å². The summed E-state index contributed by atoms with van der Waals surface area (Å²) in [5.41, 5.74) is 0.671. The minimum atomic E-state index is -0.251. The van der Waals surface area contributed by atoms with Crippen molar-refractivity contribution in [1.82, 2.24) is 9.80 Å². The van der Waals surface area contributed by atoms with Gasteiger partial charge in [0.25, 0.3) is 0 Å². The fourth-order valence-corrected chi connectivity index (χ4v) is 2.58. The third-order valence-electron chi connectivity index (χ3n) is 4.05. The first-order valence-corrected chi connectivity index (χ1v) is 7.46. The predicted molar refractivity (Wildman–Crippen MR) is 84.9 cm³/mol. The van der Waals surface area contributed by atoms with E-state index in [0.717, 1.165) is 0 Å². The summed E-state index contributed by atoms with van der Waals surface area (Å²) in [5.74, 6) is 0.663. The Kier molecular flexibility index (Phi) is 5.38. The van der Waals surface area contributed by atoms with Gasteiger partial charge >= 0.3 is 0 Å². The van der Waals surface area contributed by atoms with Crippen LogP contribution < -0.4 is 10.1 Å². The monoisotopic (exact) mass is 305 g/mol. The van der Waals surface area contributed by atoms with Crippen LogP contribution in [0.1, 0.15) is 13.8 Å². The molecule has 0 spiro atoms. The molecule has 2 rings (SSSR count). The van der Waals surface area contributed by atoms with Crippen molar-refractivity contribution in [3.8, 4) is 5.75 Å². The van der Waals surface area contributed by atoms with Crippen molar-refractivity contribution in [2.75, 3.05) is 38.6 Å². The molecule has 1 atom stereocenters. The fourth-order valence-electron chi connectivity index (χ4n) is 2.58. The second kappa shape index (κ2) is 7.26. The zero-order valence-electron chi connectivity index (χ0n) is 13.3. The maximum Gasteiger partial charge on any atom is 0.241 e. The van der Waals surface area contributed by atoms with Crippen LogP contribution >= 0.6 is 0 Å². The van der Waals surface area contributed by atoms with Crippen molar-refractivity contribution in [2.24, 2.45) is 0 Å². The van der Waals surface area contributed by atoms with Crippen LogP contribution in [0.5, 0.6) is 5.75 Å². The van der Waals surface area contributed by atoms with E-state index in [2.05, 4.69) is 10.2 Å². The molecule has 0 unspecified atom stereocenters. The minimum Gasteiger partial charge on any atom is -0.495 e. The lowest BCUT2D eigenvalue weighted by molar-refractivity contribution is -0.131. The topological polar surface area (TPSA) is 61.9 Å². The van der Waals surface area contributed by atoms with Gasteiger partial charge < -0.3 is 15.0 Å². The molecule has 0 aromatic heterocycles. The van der Waals surface area contributed by atoms with E-state index in [1.807, 2.05) is 31.2 Å². The van der Waals surface area contributed by atoms with Gasteiger partial charge in [0.05, 0.1) is 18.8 Å². The Morgan fingerprint density at radius 3 is 2.41 bits per heavy atom. The smallest absolute Gasteiger partial charge is 0.241 e. The molecule has 1 aromatic carbocycles. The summed E-state index contributed by atoms with van der Waals surface area (Å²) < 4.78 is 5.24. The first-order valence-electron chi connectivity index (χ1n) is 7.46. The number of nitrogens with zero attached hydrogens (tertiary/aromatic N) is 2. The van der Waals surface area contributed by atoms with Gasteiger partial charge in [0.1, 0.15) is 5.75 Å². The van der Waals surface area contributed by atoms with E-state index >= 15 is 0 Å². The number of amides is 2. The Bertz CT molecular complexity index is 539. The Labute approximate surface area is 131 Å². The van der Waals surface area contributed by atoms with Gasteiger partial charge in [0, 0.05) is 33.1 Å². The molecule has 1 aromatic rings. The lowest BCUT2D eigenvalue weighted by Gasteiger charge is -2.37. The van der Waals surface area contributed by atoms with Crippen LogP contribution in [0.3, 0.4) is 0 Å². The molecule has 2 amide bonds. The molecule has 0 bridgehead atoms. The molecule has 0 aliphatic carbocycles. The fraction of sp³-hybridized carbons (Fsp3) is 0.500. The summed E-state index contributed by atoms with van der Waals surface area (Å²) in [7, 11) is 1.58. The van der Waals surface area contributed by atoms with Crippen molar-refractivity contribution >= 4 is 17.5 Å². The third kappa shape index (κ3) is 3.76. The van der Waals surface area contributed by atoms with Gasteiger partial charge in [-0.05, 0) is 19.1 Å². The summed E-state index contributed by atoms with van der Waals surface area (Å²) in [5, 5.41) is 2.91. The molecule has 22 heavy (non-hydrogen) atoms. The number of carbonyl (C=O) groups excluding carboxylic acids is 2. The number of para-hydroxylation sites is 2. The van der Waals surface area contributed by atoms with E-state index in [4.69, 9.17) is 4.74 Å². The van der Waals surface area contributed by atoms with Gasteiger partial charge in [-0.1, -0.05) is 12.1 Å². The van der Waals surface area contributed by atoms with Gasteiger partial charge in [0.15, 0.2) is 0 Å². The Morgan fingerprint density at radius 2 is 1.82 bits per heavy atom. The van der Waals surface area contributed by atoms with Crippen molar-refractivity contribution in [2.45, 2.75) is 19.9 Å². The zero-order valence-corrected chi connectivity index (χ0v) is 13.3. The van der Waals surface area contributed by atoms with Crippen molar-refractivity contribution < 1.29 is 14.3 Å². The van der Waals surface area contributed by atoms with E-state index < -0.39 is 0 Å². The number of carbonyl (C=O) groups is 2. The highest BCUT2D eigenvalue weighted by atomic mass is 16.5. The number of hydrogen-bond acceptors (Lipinski definition) is 4. The molecule has 0 saturated carbocycles. The Balaban J connectivity index is 1.94. The summed E-state index contributed by atoms with van der Waals surface area (Å²) in [6.07, 6.45) is 0. The number of hydrogen-bond donors (Lipinski definition) is 1. The molecule has 1 fully saturated rings. The number of piperazine rings is 1. The van der Waals surface area contributed by atoms with E-state index in [1.165, 1.54) is 0 Å². The van der Waals surface area contributed by atoms with Crippen LogP contribution in [0.4, 0.5) is 5.69 Å². The SMILES string of the molecule is COc1ccccc1NC(=O)[C@@H](C)N1CCN(C(C)=O)CC1. The Morgan fingerprint density at radius 1 is 1.18 bits per heavy atom. The second-order valence-corrected chi connectivity index (χ2v) is 5.41. The van der Waals surface area contributed by atoms with Crippen molar-refractivity contribution in [3.05, 3.63) is 24.3 Å². The quantitative estimate of drug-likeness (QED) is 0.907. The molecule has 1 aliphatic rings. The molecular formula is C16H23N3O3. The van der Waals surface area contributed by atoms with Gasteiger partial charge in [0.2, 0.25) is 11.8 Å². The largest absolute Gasteiger partial charge is 0.495 e. The maximum absolute atomic E-state index is 12.4. The number of rotatable bonds is 4.